The van der Waals surface area contributed by atoms with Crippen LogP contribution in [0.3, 0.4) is 0 Å². The van der Waals surface area contributed by atoms with Gasteiger partial charge in [0, 0.05) is 0 Å². The highest BCUT2D eigenvalue weighted by Gasteiger charge is 2.36. The van der Waals surface area contributed by atoms with Crippen molar-refractivity contribution in [1.29, 1.82) is 0 Å². The van der Waals surface area contributed by atoms with Gasteiger partial charge in [-0.15, -0.1) is 0 Å². The van der Waals surface area contributed by atoms with Crippen LogP contribution in [0.2, 0.25) is 0 Å². The minimum atomic E-state index is -2.56. The lowest BCUT2D eigenvalue weighted by atomic mass is 10.1. The maximum atomic E-state index is 12.4. The van der Waals surface area contributed by atoms with Crippen molar-refractivity contribution < 1.29 is 23.1 Å². The van der Waals surface area contributed by atoms with Crippen LogP contribution in [0.4, 0.5) is 14.5 Å². The summed E-state index contributed by atoms with van der Waals surface area (Å²) >= 11 is 0. The topological polar surface area (TPSA) is 46.6 Å². The van der Waals surface area contributed by atoms with E-state index in [1.807, 2.05) is 0 Å². The first-order chi connectivity index (χ1) is 11.0. The molecule has 2 aromatic rings. The highest BCUT2D eigenvalue weighted by Crippen LogP contribution is 2.32. The summed E-state index contributed by atoms with van der Waals surface area (Å²) in [4.78, 5) is 26.0. The fourth-order valence-electron chi connectivity index (χ4n) is 2.54. The molecule has 4 nitrogen and oxygen atoms in total. The summed E-state index contributed by atoms with van der Waals surface area (Å²) in [6.45, 7) is 0.986. The quantitative estimate of drug-likeness (QED) is 0.812. The highest BCUT2D eigenvalue weighted by atomic mass is 19.3. The molecule has 0 atom stereocenters. The number of nitrogens with zero attached hydrogens (tertiary/aromatic N) is 1. The van der Waals surface area contributed by atoms with E-state index in [-0.39, 0.29) is 5.75 Å². The zero-order valence-corrected chi connectivity index (χ0v) is 12.3. The molecule has 3 rings (SSSR count). The van der Waals surface area contributed by atoms with Gasteiger partial charge in [-0.1, -0.05) is 12.1 Å². The molecule has 0 aromatic heterocycles. The summed E-state index contributed by atoms with van der Waals surface area (Å²) in [5, 5.41) is 0. The summed E-state index contributed by atoms with van der Waals surface area (Å²) in [5.41, 5.74) is 1.72. The number of fused-ring (bicyclic) bond motifs is 1. The number of hydrogen-bond donors (Lipinski definition) is 0. The summed E-state index contributed by atoms with van der Waals surface area (Å²) in [5.74, 6) is -0.520. The van der Waals surface area contributed by atoms with Gasteiger partial charge in [-0.05, 0) is 42.8 Å². The molecule has 1 aliphatic heterocycles. The van der Waals surface area contributed by atoms with Gasteiger partial charge in [0.1, 0.15) is 12.4 Å². The molecule has 0 radical (unpaired) electrons. The molecule has 0 bridgehead atoms. The van der Waals surface area contributed by atoms with Gasteiger partial charge in [-0.3, -0.25) is 9.59 Å². The van der Waals surface area contributed by atoms with Crippen molar-refractivity contribution in [1.82, 2.24) is 0 Å². The Morgan fingerprint density at radius 3 is 2.17 bits per heavy atom. The SMILES string of the molecule is Cc1cc(OCC(F)F)ccc1N1C(=O)c2ccccc2C1=O. The van der Waals surface area contributed by atoms with E-state index in [1.165, 1.54) is 18.2 Å². The van der Waals surface area contributed by atoms with Crippen molar-refractivity contribution in [3.63, 3.8) is 0 Å². The van der Waals surface area contributed by atoms with Crippen LogP contribution < -0.4 is 9.64 Å². The zero-order chi connectivity index (χ0) is 16.6. The molecule has 2 amide bonds. The minimum Gasteiger partial charge on any atom is -0.488 e. The lowest BCUT2D eigenvalue weighted by Gasteiger charge is -2.17. The summed E-state index contributed by atoms with van der Waals surface area (Å²) in [7, 11) is 0. The number of ether oxygens (including phenoxy) is 1. The van der Waals surface area contributed by atoms with Gasteiger partial charge in [0.2, 0.25) is 0 Å². The number of anilines is 1. The van der Waals surface area contributed by atoms with E-state index in [2.05, 4.69) is 0 Å². The molecule has 118 valence electrons. The third kappa shape index (κ3) is 2.67. The molecule has 2 aromatic carbocycles. The van der Waals surface area contributed by atoms with Crippen molar-refractivity contribution in [3.05, 3.63) is 59.2 Å². The largest absolute Gasteiger partial charge is 0.488 e. The fourth-order valence-corrected chi connectivity index (χ4v) is 2.54. The van der Waals surface area contributed by atoms with Crippen molar-refractivity contribution in [3.8, 4) is 5.75 Å². The number of rotatable bonds is 4. The molecule has 0 N–H and O–H groups in total. The Hall–Kier alpha value is -2.76. The van der Waals surface area contributed by atoms with Crippen LogP contribution in [0.5, 0.6) is 5.75 Å². The minimum absolute atomic E-state index is 0.267. The monoisotopic (exact) mass is 317 g/mol. The molecule has 0 saturated carbocycles. The third-order valence-corrected chi connectivity index (χ3v) is 3.58. The number of alkyl halides is 2. The third-order valence-electron chi connectivity index (χ3n) is 3.58. The molecular weight excluding hydrogens is 304 g/mol. The lowest BCUT2D eigenvalue weighted by molar-refractivity contribution is 0.0819. The molecule has 1 heterocycles. The Kier molecular flexibility index (Phi) is 3.82. The Morgan fingerprint density at radius 1 is 1.04 bits per heavy atom. The Balaban J connectivity index is 1.91. The van der Waals surface area contributed by atoms with Gasteiger partial charge in [0.15, 0.2) is 0 Å². The molecule has 1 aliphatic rings. The zero-order valence-electron chi connectivity index (χ0n) is 12.3. The Labute approximate surface area is 131 Å². The second kappa shape index (κ2) is 5.79. The number of benzene rings is 2. The maximum absolute atomic E-state index is 12.4. The summed E-state index contributed by atoms with van der Waals surface area (Å²) in [6.07, 6.45) is -2.56. The first-order valence-electron chi connectivity index (χ1n) is 6.98. The van der Waals surface area contributed by atoms with Gasteiger partial charge >= 0.3 is 0 Å². The van der Waals surface area contributed by atoms with Crippen molar-refractivity contribution in [2.45, 2.75) is 13.3 Å². The molecule has 0 saturated heterocycles. The van der Waals surface area contributed by atoms with E-state index in [1.54, 1.807) is 31.2 Å². The van der Waals surface area contributed by atoms with Crippen LogP contribution in [-0.4, -0.2) is 24.8 Å². The van der Waals surface area contributed by atoms with E-state index in [0.717, 1.165) is 4.90 Å². The number of imide groups is 1. The predicted octanol–water partition coefficient (Wildman–Crippen LogP) is 3.44. The predicted molar refractivity (Wildman–Crippen MR) is 80.3 cm³/mol. The van der Waals surface area contributed by atoms with E-state index in [4.69, 9.17) is 4.74 Å². The Morgan fingerprint density at radius 2 is 1.65 bits per heavy atom. The second-order valence-corrected chi connectivity index (χ2v) is 5.14. The number of halogens is 2. The van der Waals surface area contributed by atoms with Gasteiger partial charge in [-0.2, -0.15) is 0 Å². The number of hydrogen-bond acceptors (Lipinski definition) is 3. The van der Waals surface area contributed by atoms with E-state index in [0.29, 0.717) is 22.4 Å². The molecule has 0 spiro atoms. The number of carbonyl (C=O) groups is 2. The summed E-state index contributed by atoms with van der Waals surface area (Å²) < 4.78 is 29.3. The van der Waals surface area contributed by atoms with Crippen molar-refractivity contribution >= 4 is 17.5 Å². The average molecular weight is 317 g/mol. The van der Waals surface area contributed by atoms with Crippen LogP contribution in [0.25, 0.3) is 0 Å². The van der Waals surface area contributed by atoms with Gasteiger partial charge < -0.3 is 4.74 Å². The molecule has 0 aliphatic carbocycles. The van der Waals surface area contributed by atoms with Crippen LogP contribution in [0.1, 0.15) is 26.3 Å². The first-order valence-corrected chi connectivity index (χ1v) is 6.98. The summed E-state index contributed by atoms with van der Waals surface area (Å²) in [6, 6.07) is 11.1. The molecule has 23 heavy (non-hydrogen) atoms. The van der Waals surface area contributed by atoms with Gasteiger partial charge in [0.25, 0.3) is 18.2 Å². The van der Waals surface area contributed by atoms with Crippen molar-refractivity contribution in [2.24, 2.45) is 0 Å². The number of amides is 2. The van der Waals surface area contributed by atoms with Crippen LogP contribution in [-0.2, 0) is 0 Å². The van der Waals surface area contributed by atoms with Crippen LogP contribution in [0.15, 0.2) is 42.5 Å². The number of carbonyl (C=O) groups excluding carboxylic acids is 2. The molecule has 0 unspecified atom stereocenters. The first kappa shape index (κ1) is 15.1. The van der Waals surface area contributed by atoms with Crippen LogP contribution in [0, 0.1) is 6.92 Å². The normalized spacial score (nSPS) is 13.7. The molecule has 0 fully saturated rings. The van der Waals surface area contributed by atoms with E-state index in [9.17, 15) is 18.4 Å². The maximum Gasteiger partial charge on any atom is 0.272 e. The lowest BCUT2D eigenvalue weighted by Crippen LogP contribution is -2.30. The van der Waals surface area contributed by atoms with E-state index < -0.39 is 24.8 Å². The second-order valence-electron chi connectivity index (χ2n) is 5.14. The van der Waals surface area contributed by atoms with Gasteiger partial charge in [-0.25, -0.2) is 13.7 Å². The van der Waals surface area contributed by atoms with E-state index >= 15 is 0 Å². The van der Waals surface area contributed by atoms with Crippen LogP contribution >= 0.6 is 0 Å². The molecular formula is C17H13F2NO3. The van der Waals surface area contributed by atoms with Crippen molar-refractivity contribution in [2.75, 3.05) is 11.5 Å². The Bertz CT molecular complexity index is 754. The standard InChI is InChI=1S/C17H13F2NO3/c1-10-8-11(23-9-15(18)19)6-7-14(10)20-16(21)12-4-2-3-5-13(12)17(20)22/h2-8,15H,9H2,1H3. The van der Waals surface area contributed by atoms with Gasteiger partial charge in [0.05, 0.1) is 16.8 Å². The number of aryl methyl sites for hydroxylation is 1. The average Bonchev–Trinajstić information content (AvgIpc) is 2.78. The molecule has 6 heteroatoms. The fraction of sp³-hybridized carbons (Fsp3) is 0.176. The smallest absolute Gasteiger partial charge is 0.272 e. The highest BCUT2D eigenvalue weighted by molar-refractivity contribution is 6.34.